The topological polar surface area (TPSA) is 83.6 Å². The molecule has 0 heterocycles. The van der Waals surface area contributed by atoms with Crippen molar-refractivity contribution in [1.29, 1.82) is 0 Å². The Morgan fingerprint density at radius 2 is 1.61 bits per heavy atom. The zero-order valence-corrected chi connectivity index (χ0v) is 10.1. The maximum Gasteiger partial charge on any atom is 0.339 e. The molecule has 0 atom stereocenters. The molecule has 0 aliphatic heterocycles. The standard InChI is InChI=1S/C7H6O3.C6H6ClN/c8-6-4-2-1-3-5(6)7(9)10;7-5-1-3-6(8)4-2-5/h1-4,8H,(H,9,10);1-4H,8H2. The Labute approximate surface area is 109 Å². The highest BCUT2D eigenvalue weighted by molar-refractivity contribution is 6.30. The second-order valence-electron chi connectivity index (χ2n) is 3.37. The van der Waals surface area contributed by atoms with Crippen molar-refractivity contribution in [3.05, 3.63) is 59.1 Å². The molecule has 2 aromatic carbocycles. The lowest BCUT2D eigenvalue weighted by Crippen LogP contribution is -1.95. The molecule has 0 saturated heterocycles. The van der Waals surface area contributed by atoms with Crippen molar-refractivity contribution in [3.8, 4) is 5.75 Å². The average molecular weight is 266 g/mol. The molecule has 0 bridgehead atoms. The molecule has 18 heavy (non-hydrogen) atoms. The molecule has 4 N–H and O–H groups in total. The van der Waals surface area contributed by atoms with Crippen molar-refractivity contribution >= 4 is 23.3 Å². The Morgan fingerprint density at radius 1 is 1.06 bits per heavy atom. The lowest BCUT2D eigenvalue weighted by atomic mass is 10.2. The second kappa shape index (κ2) is 6.51. The molecule has 0 saturated carbocycles. The number of benzene rings is 2. The monoisotopic (exact) mass is 265 g/mol. The first-order chi connectivity index (χ1) is 8.50. The molecule has 94 valence electrons. The van der Waals surface area contributed by atoms with Gasteiger partial charge in [-0.05, 0) is 36.4 Å². The molecular formula is C13H12ClNO3. The van der Waals surface area contributed by atoms with Crippen molar-refractivity contribution in [3.63, 3.8) is 0 Å². The average Bonchev–Trinajstić information content (AvgIpc) is 2.34. The van der Waals surface area contributed by atoms with Gasteiger partial charge in [-0.3, -0.25) is 0 Å². The van der Waals surface area contributed by atoms with E-state index in [9.17, 15) is 4.79 Å². The summed E-state index contributed by atoms with van der Waals surface area (Å²) in [6.45, 7) is 0. The zero-order valence-electron chi connectivity index (χ0n) is 9.38. The number of carboxylic acid groups (broad SMARTS) is 1. The minimum absolute atomic E-state index is 0.0671. The van der Waals surface area contributed by atoms with E-state index in [1.807, 2.05) is 0 Å². The van der Waals surface area contributed by atoms with Gasteiger partial charge in [0.25, 0.3) is 0 Å². The number of carboxylic acids is 1. The van der Waals surface area contributed by atoms with Crippen LogP contribution >= 0.6 is 11.6 Å². The van der Waals surface area contributed by atoms with E-state index in [0.717, 1.165) is 10.7 Å². The predicted octanol–water partition coefficient (Wildman–Crippen LogP) is 3.01. The molecule has 0 spiro atoms. The van der Waals surface area contributed by atoms with Crippen LogP contribution in [0.15, 0.2) is 48.5 Å². The molecular weight excluding hydrogens is 254 g/mol. The molecule has 0 unspecified atom stereocenters. The molecule has 4 nitrogen and oxygen atoms in total. The number of hydrogen-bond acceptors (Lipinski definition) is 3. The third kappa shape index (κ3) is 4.35. The second-order valence-corrected chi connectivity index (χ2v) is 3.81. The molecule has 2 rings (SSSR count). The quantitative estimate of drug-likeness (QED) is 0.692. The fraction of sp³-hybridized carbons (Fsp3) is 0. The number of nitrogens with two attached hydrogens (primary N) is 1. The van der Waals surface area contributed by atoms with Crippen LogP contribution in [0.3, 0.4) is 0 Å². The minimum atomic E-state index is -1.11. The lowest BCUT2D eigenvalue weighted by Gasteiger charge is -1.95. The molecule has 0 radical (unpaired) electrons. The number of carbonyl (C=O) groups is 1. The van der Waals surface area contributed by atoms with Gasteiger partial charge in [-0.15, -0.1) is 0 Å². The highest BCUT2D eigenvalue weighted by atomic mass is 35.5. The van der Waals surface area contributed by atoms with Gasteiger partial charge in [-0.1, -0.05) is 23.7 Å². The van der Waals surface area contributed by atoms with Gasteiger partial charge in [0.05, 0.1) is 0 Å². The first-order valence-electron chi connectivity index (χ1n) is 5.03. The van der Waals surface area contributed by atoms with Crippen LogP contribution in [-0.4, -0.2) is 16.2 Å². The summed E-state index contributed by atoms with van der Waals surface area (Å²) >= 11 is 5.56. The molecule has 0 aliphatic carbocycles. The van der Waals surface area contributed by atoms with Crippen LogP contribution in [0.4, 0.5) is 5.69 Å². The van der Waals surface area contributed by atoms with E-state index >= 15 is 0 Å². The van der Waals surface area contributed by atoms with Gasteiger partial charge in [-0.25, -0.2) is 4.79 Å². The Kier molecular flexibility index (Phi) is 5.02. The maximum atomic E-state index is 10.3. The lowest BCUT2D eigenvalue weighted by molar-refractivity contribution is 0.0694. The van der Waals surface area contributed by atoms with Crippen molar-refractivity contribution in [2.75, 3.05) is 5.73 Å². The zero-order chi connectivity index (χ0) is 13.5. The van der Waals surface area contributed by atoms with Gasteiger partial charge in [0.2, 0.25) is 0 Å². The number of nitrogen functional groups attached to an aromatic ring is 1. The number of aromatic carboxylic acids is 1. The van der Waals surface area contributed by atoms with Crippen LogP contribution in [-0.2, 0) is 0 Å². The first kappa shape index (κ1) is 13.9. The normalized spacial score (nSPS) is 9.17. The molecule has 0 aromatic heterocycles. The van der Waals surface area contributed by atoms with E-state index in [2.05, 4.69) is 0 Å². The van der Waals surface area contributed by atoms with Crippen LogP contribution < -0.4 is 5.73 Å². The Hall–Kier alpha value is -2.20. The van der Waals surface area contributed by atoms with Crippen molar-refractivity contribution in [2.24, 2.45) is 0 Å². The van der Waals surface area contributed by atoms with Gasteiger partial charge < -0.3 is 15.9 Å². The fourth-order valence-corrected chi connectivity index (χ4v) is 1.24. The first-order valence-corrected chi connectivity index (χ1v) is 5.41. The van der Waals surface area contributed by atoms with Gasteiger partial charge >= 0.3 is 5.97 Å². The summed E-state index contributed by atoms with van der Waals surface area (Å²) in [5.41, 5.74) is 6.05. The van der Waals surface area contributed by atoms with E-state index in [-0.39, 0.29) is 11.3 Å². The summed E-state index contributed by atoms with van der Waals surface area (Å²) in [4.78, 5) is 10.3. The SMILES string of the molecule is Nc1ccc(Cl)cc1.O=C(O)c1ccccc1O. The van der Waals surface area contributed by atoms with Gasteiger partial charge in [0, 0.05) is 10.7 Å². The van der Waals surface area contributed by atoms with E-state index in [1.54, 1.807) is 36.4 Å². The highest BCUT2D eigenvalue weighted by Gasteiger charge is 2.05. The largest absolute Gasteiger partial charge is 0.507 e. The summed E-state index contributed by atoms with van der Waals surface area (Å²) in [5.74, 6) is -1.31. The van der Waals surface area contributed by atoms with Crippen LogP contribution in [0.25, 0.3) is 0 Å². The molecule has 0 fully saturated rings. The third-order valence-corrected chi connectivity index (χ3v) is 2.26. The van der Waals surface area contributed by atoms with Crippen LogP contribution in [0.2, 0.25) is 5.02 Å². The number of aromatic hydroxyl groups is 1. The number of anilines is 1. The number of rotatable bonds is 1. The van der Waals surface area contributed by atoms with Gasteiger partial charge in [-0.2, -0.15) is 0 Å². The summed E-state index contributed by atoms with van der Waals surface area (Å²) in [7, 11) is 0. The number of para-hydroxylation sites is 1. The van der Waals surface area contributed by atoms with E-state index in [0.29, 0.717) is 0 Å². The smallest absolute Gasteiger partial charge is 0.339 e. The third-order valence-electron chi connectivity index (χ3n) is 2.00. The molecule has 0 amide bonds. The summed E-state index contributed by atoms with van der Waals surface area (Å²) < 4.78 is 0. The van der Waals surface area contributed by atoms with E-state index < -0.39 is 5.97 Å². The maximum absolute atomic E-state index is 10.3. The fourth-order valence-electron chi connectivity index (χ4n) is 1.12. The summed E-state index contributed by atoms with van der Waals surface area (Å²) in [5, 5.41) is 18.0. The number of phenols is 1. The Bertz CT molecular complexity index is 505. The van der Waals surface area contributed by atoms with E-state index in [4.69, 9.17) is 27.5 Å². The molecule has 0 aliphatic rings. The van der Waals surface area contributed by atoms with Gasteiger partial charge in [0.1, 0.15) is 11.3 Å². The Balaban J connectivity index is 0.000000184. The minimum Gasteiger partial charge on any atom is -0.507 e. The van der Waals surface area contributed by atoms with Crippen LogP contribution in [0, 0.1) is 0 Å². The van der Waals surface area contributed by atoms with Crippen LogP contribution in [0.5, 0.6) is 5.75 Å². The summed E-state index contributed by atoms with van der Waals surface area (Å²) in [6.07, 6.45) is 0. The van der Waals surface area contributed by atoms with Crippen molar-refractivity contribution in [2.45, 2.75) is 0 Å². The van der Waals surface area contributed by atoms with Crippen LogP contribution in [0.1, 0.15) is 10.4 Å². The van der Waals surface area contributed by atoms with Gasteiger partial charge in [0.15, 0.2) is 0 Å². The number of hydrogen-bond donors (Lipinski definition) is 3. The van der Waals surface area contributed by atoms with Crippen molar-refractivity contribution < 1.29 is 15.0 Å². The Morgan fingerprint density at radius 3 is 2.00 bits per heavy atom. The highest BCUT2D eigenvalue weighted by Crippen LogP contribution is 2.14. The summed E-state index contributed by atoms with van der Waals surface area (Å²) in [6, 6.07) is 12.9. The molecule has 5 heteroatoms. The molecule has 2 aromatic rings. The van der Waals surface area contributed by atoms with Crippen molar-refractivity contribution in [1.82, 2.24) is 0 Å². The van der Waals surface area contributed by atoms with E-state index in [1.165, 1.54) is 12.1 Å². The predicted molar refractivity (Wildman–Crippen MR) is 70.9 cm³/mol. The number of halogens is 1.